The van der Waals surface area contributed by atoms with Gasteiger partial charge in [0.2, 0.25) is 5.91 Å². The average molecular weight is 423 g/mol. The number of fused-ring (bicyclic) bond motifs is 2. The van der Waals surface area contributed by atoms with Crippen LogP contribution in [0.3, 0.4) is 0 Å². The molecule has 1 amide bonds. The van der Waals surface area contributed by atoms with E-state index in [9.17, 15) is 9.90 Å². The van der Waals surface area contributed by atoms with Crippen molar-refractivity contribution in [3.05, 3.63) is 51.5 Å². The summed E-state index contributed by atoms with van der Waals surface area (Å²) in [4.78, 5) is 14.4. The van der Waals surface area contributed by atoms with Gasteiger partial charge < -0.3 is 10.4 Å². The summed E-state index contributed by atoms with van der Waals surface area (Å²) in [5.41, 5.74) is 3.78. The number of nitrogens with one attached hydrogen (secondary N) is 1. The van der Waals surface area contributed by atoms with Crippen LogP contribution in [-0.4, -0.2) is 44.4 Å². The number of aliphatic hydroxyl groups is 1. The third kappa shape index (κ3) is 3.53. The molecule has 1 aliphatic rings. The molecule has 9 heteroatoms. The van der Waals surface area contributed by atoms with Crippen LogP contribution in [0, 0.1) is 0 Å². The van der Waals surface area contributed by atoms with Crippen molar-refractivity contribution in [2.75, 3.05) is 18.9 Å². The lowest BCUT2D eigenvalue weighted by atomic mass is 10.1. The minimum absolute atomic E-state index is 0.0965. The molecule has 1 aliphatic carbocycles. The number of hydrogen-bond donors (Lipinski definition) is 2. The second-order valence-corrected chi connectivity index (χ2v) is 7.94. The molecule has 0 fully saturated rings. The average Bonchev–Trinajstić information content (AvgIpc) is 3.19. The second kappa shape index (κ2) is 7.33. The number of anilines is 1. The van der Waals surface area contributed by atoms with E-state index in [2.05, 4.69) is 14.1 Å². The summed E-state index contributed by atoms with van der Waals surface area (Å²) >= 11 is 13.5. The van der Waals surface area contributed by atoms with E-state index < -0.39 is 6.10 Å². The highest BCUT2D eigenvalue weighted by molar-refractivity contribution is 7.00. The van der Waals surface area contributed by atoms with Crippen molar-refractivity contribution in [2.45, 2.75) is 18.6 Å². The molecule has 140 valence electrons. The Bertz CT molecular complexity index is 1030. The Hall–Kier alpha value is -1.77. The van der Waals surface area contributed by atoms with Crippen molar-refractivity contribution < 1.29 is 9.90 Å². The summed E-state index contributed by atoms with van der Waals surface area (Å²) < 4.78 is 8.40. The molecule has 1 aromatic heterocycles. The van der Waals surface area contributed by atoms with Crippen LogP contribution in [0.25, 0.3) is 11.0 Å². The standard InChI is InChI=1S/C18H16Cl2N4O2S/c1-24(18-11-5-9(19)6-12(20)10(11)7-15(18)25)8-16(26)21-13-3-2-4-14-17(13)23-27-22-14/h2-6,15,18,25H,7-8H2,1H3,(H,21,26)/t15-,18+/m0/s1. The number of nitrogens with zero attached hydrogens (tertiary/aromatic N) is 3. The first-order valence-corrected chi connectivity index (χ1v) is 9.80. The molecule has 4 rings (SSSR count). The maximum atomic E-state index is 12.6. The molecule has 0 unspecified atom stereocenters. The van der Waals surface area contributed by atoms with Gasteiger partial charge in [-0.2, -0.15) is 8.75 Å². The maximum Gasteiger partial charge on any atom is 0.238 e. The normalized spacial score (nSPS) is 18.9. The summed E-state index contributed by atoms with van der Waals surface area (Å²) in [6.45, 7) is 0.0965. The minimum atomic E-state index is -0.653. The van der Waals surface area contributed by atoms with Crippen molar-refractivity contribution in [1.29, 1.82) is 0 Å². The maximum absolute atomic E-state index is 12.6. The summed E-state index contributed by atoms with van der Waals surface area (Å²) in [6.07, 6.45) is -0.217. The first-order valence-electron chi connectivity index (χ1n) is 8.31. The highest BCUT2D eigenvalue weighted by Crippen LogP contribution is 2.40. The highest BCUT2D eigenvalue weighted by atomic mass is 35.5. The largest absolute Gasteiger partial charge is 0.391 e. The second-order valence-electron chi connectivity index (χ2n) is 6.57. The van der Waals surface area contributed by atoms with Gasteiger partial charge in [-0.1, -0.05) is 29.3 Å². The molecule has 0 bridgehead atoms. The third-order valence-corrected chi connectivity index (χ3v) is 5.82. The lowest BCUT2D eigenvalue weighted by Crippen LogP contribution is -2.37. The van der Waals surface area contributed by atoms with Crippen molar-refractivity contribution in [2.24, 2.45) is 0 Å². The van der Waals surface area contributed by atoms with E-state index in [0.717, 1.165) is 28.4 Å². The smallest absolute Gasteiger partial charge is 0.238 e. The Kier molecular flexibility index (Phi) is 5.05. The van der Waals surface area contributed by atoms with Gasteiger partial charge in [0.05, 0.1) is 36.1 Å². The highest BCUT2D eigenvalue weighted by Gasteiger charge is 2.36. The van der Waals surface area contributed by atoms with E-state index >= 15 is 0 Å². The fraction of sp³-hybridized carbons (Fsp3) is 0.278. The van der Waals surface area contributed by atoms with Gasteiger partial charge in [0.15, 0.2) is 0 Å². The Morgan fingerprint density at radius 2 is 2.19 bits per heavy atom. The molecule has 2 N–H and O–H groups in total. The summed E-state index contributed by atoms with van der Waals surface area (Å²) in [5.74, 6) is -0.202. The van der Waals surface area contributed by atoms with Crippen LogP contribution < -0.4 is 5.32 Å². The van der Waals surface area contributed by atoms with Gasteiger partial charge in [-0.3, -0.25) is 9.69 Å². The summed E-state index contributed by atoms with van der Waals surface area (Å²) in [7, 11) is 1.79. The van der Waals surface area contributed by atoms with E-state index in [1.165, 1.54) is 0 Å². The molecule has 0 spiro atoms. The number of rotatable bonds is 4. The van der Waals surface area contributed by atoms with Crippen molar-refractivity contribution in [3.63, 3.8) is 0 Å². The molecule has 3 aromatic rings. The van der Waals surface area contributed by atoms with Crippen LogP contribution in [0.15, 0.2) is 30.3 Å². The van der Waals surface area contributed by atoms with E-state index in [-0.39, 0.29) is 18.5 Å². The van der Waals surface area contributed by atoms with E-state index in [4.69, 9.17) is 23.2 Å². The fourth-order valence-corrected chi connectivity index (χ4v) is 4.72. The van der Waals surface area contributed by atoms with E-state index in [0.29, 0.717) is 27.7 Å². The molecular weight excluding hydrogens is 407 g/mol. The molecule has 0 saturated carbocycles. The third-order valence-electron chi connectivity index (χ3n) is 4.72. The first-order chi connectivity index (χ1) is 12.9. The van der Waals surface area contributed by atoms with Crippen LogP contribution in [0.2, 0.25) is 10.0 Å². The van der Waals surface area contributed by atoms with Crippen LogP contribution in [0.1, 0.15) is 17.2 Å². The summed E-state index contributed by atoms with van der Waals surface area (Å²) in [5, 5.41) is 14.5. The van der Waals surface area contributed by atoms with Gasteiger partial charge in [-0.25, -0.2) is 0 Å². The number of halogens is 2. The van der Waals surface area contributed by atoms with Crippen LogP contribution in [0.5, 0.6) is 0 Å². The topological polar surface area (TPSA) is 78.4 Å². The van der Waals surface area contributed by atoms with Crippen molar-refractivity contribution in [1.82, 2.24) is 13.6 Å². The quantitative estimate of drug-likeness (QED) is 0.672. The monoisotopic (exact) mass is 422 g/mol. The van der Waals surface area contributed by atoms with Crippen LogP contribution in [0.4, 0.5) is 5.69 Å². The zero-order chi connectivity index (χ0) is 19.1. The van der Waals surface area contributed by atoms with E-state index in [1.54, 1.807) is 30.1 Å². The molecular formula is C18H16Cl2N4O2S. The molecule has 27 heavy (non-hydrogen) atoms. The zero-order valence-corrected chi connectivity index (χ0v) is 16.6. The zero-order valence-electron chi connectivity index (χ0n) is 14.3. The number of likely N-dealkylation sites (N-methyl/N-ethyl adjacent to an activating group) is 1. The molecule has 6 nitrogen and oxygen atoms in total. The Labute approximate surface area is 170 Å². The number of aromatic nitrogens is 2. The van der Waals surface area contributed by atoms with Crippen molar-refractivity contribution in [3.8, 4) is 0 Å². The molecule has 1 heterocycles. The number of carbonyl (C=O) groups excluding carboxylic acids is 1. The Morgan fingerprint density at radius 3 is 3.00 bits per heavy atom. The molecule has 2 aromatic carbocycles. The molecule has 0 aliphatic heterocycles. The van der Waals surface area contributed by atoms with Crippen molar-refractivity contribution >= 4 is 57.6 Å². The molecule has 2 atom stereocenters. The minimum Gasteiger partial charge on any atom is -0.391 e. The molecule has 0 radical (unpaired) electrons. The van der Waals surface area contributed by atoms with Gasteiger partial charge in [0, 0.05) is 16.5 Å². The predicted octanol–water partition coefficient (Wildman–Crippen LogP) is 3.53. The van der Waals surface area contributed by atoms with Crippen LogP contribution >= 0.6 is 34.9 Å². The predicted molar refractivity (Wildman–Crippen MR) is 108 cm³/mol. The first kappa shape index (κ1) is 18.6. The van der Waals surface area contributed by atoms with Gasteiger partial charge in [-0.15, -0.1) is 0 Å². The molecule has 0 saturated heterocycles. The number of benzene rings is 2. The van der Waals surface area contributed by atoms with Gasteiger partial charge in [-0.05, 0) is 42.4 Å². The number of amides is 1. The van der Waals surface area contributed by atoms with Crippen LogP contribution in [-0.2, 0) is 11.2 Å². The fourth-order valence-electron chi connectivity index (χ4n) is 3.58. The number of carbonyl (C=O) groups is 1. The number of aliphatic hydroxyl groups excluding tert-OH is 1. The Balaban J connectivity index is 1.52. The van der Waals surface area contributed by atoms with Gasteiger partial charge in [0.25, 0.3) is 0 Å². The van der Waals surface area contributed by atoms with Gasteiger partial charge in [0.1, 0.15) is 11.0 Å². The summed E-state index contributed by atoms with van der Waals surface area (Å²) in [6, 6.07) is 8.59. The SMILES string of the molecule is CN(CC(=O)Nc1cccc2nsnc12)[C@@H]1c2cc(Cl)cc(Cl)c2C[C@@H]1O. The lowest BCUT2D eigenvalue weighted by Gasteiger charge is -2.27. The van der Waals surface area contributed by atoms with Gasteiger partial charge >= 0.3 is 0 Å². The van der Waals surface area contributed by atoms with E-state index in [1.807, 2.05) is 12.1 Å². The number of hydrogen-bond acceptors (Lipinski definition) is 6. The Morgan fingerprint density at radius 1 is 1.37 bits per heavy atom. The lowest BCUT2D eigenvalue weighted by molar-refractivity contribution is -0.117.